The Morgan fingerprint density at radius 1 is 1.26 bits per heavy atom. The van der Waals surface area contributed by atoms with E-state index in [-0.39, 0.29) is 11.7 Å². The summed E-state index contributed by atoms with van der Waals surface area (Å²) < 4.78 is 0. The van der Waals surface area contributed by atoms with Gasteiger partial charge in [0.05, 0.1) is 0 Å². The van der Waals surface area contributed by atoms with Crippen LogP contribution >= 0.6 is 0 Å². The van der Waals surface area contributed by atoms with Crippen LogP contribution in [0.2, 0.25) is 0 Å². The van der Waals surface area contributed by atoms with Crippen LogP contribution < -0.4 is 0 Å². The van der Waals surface area contributed by atoms with Crippen LogP contribution in [0.4, 0.5) is 0 Å². The van der Waals surface area contributed by atoms with Crippen molar-refractivity contribution in [1.82, 2.24) is 4.90 Å². The van der Waals surface area contributed by atoms with E-state index in [0.717, 1.165) is 6.42 Å². The standard InChI is InChI=1S/C14H17NO4/c1-9-6-7-15(12(8-9)14(18)19)13(17)10-2-4-11(16)5-3-10/h2-5,9,12,16H,6-8H2,1H3,(H,18,19). The summed E-state index contributed by atoms with van der Waals surface area (Å²) in [5, 5.41) is 18.4. The second-order valence-electron chi connectivity index (χ2n) is 5.03. The Bertz CT molecular complexity index is 483. The first-order valence-electron chi connectivity index (χ1n) is 6.32. The average molecular weight is 263 g/mol. The molecule has 2 rings (SSSR count). The Morgan fingerprint density at radius 2 is 1.89 bits per heavy atom. The zero-order valence-electron chi connectivity index (χ0n) is 10.7. The first-order chi connectivity index (χ1) is 8.99. The molecule has 1 aromatic rings. The number of amides is 1. The summed E-state index contributed by atoms with van der Waals surface area (Å²) in [6.45, 7) is 2.45. The predicted molar refractivity (Wildman–Crippen MR) is 69.0 cm³/mol. The summed E-state index contributed by atoms with van der Waals surface area (Å²) in [6, 6.07) is 5.11. The lowest BCUT2D eigenvalue weighted by molar-refractivity contribution is -0.144. The van der Waals surface area contributed by atoms with Gasteiger partial charge >= 0.3 is 5.97 Å². The minimum Gasteiger partial charge on any atom is -0.508 e. The Balaban J connectivity index is 2.21. The van der Waals surface area contributed by atoms with E-state index in [0.29, 0.717) is 24.4 Å². The van der Waals surface area contributed by atoms with Crippen LogP contribution in [0.3, 0.4) is 0 Å². The molecule has 1 fully saturated rings. The van der Waals surface area contributed by atoms with Gasteiger partial charge in [-0.25, -0.2) is 4.79 Å². The van der Waals surface area contributed by atoms with Gasteiger partial charge in [0.25, 0.3) is 5.91 Å². The summed E-state index contributed by atoms with van der Waals surface area (Å²) in [5.74, 6) is -0.860. The lowest BCUT2D eigenvalue weighted by atomic mass is 9.92. The molecule has 2 atom stereocenters. The highest BCUT2D eigenvalue weighted by Crippen LogP contribution is 2.24. The molecule has 1 aliphatic rings. The second-order valence-corrected chi connectivity index (χ2v) is 5.03. The van der Waals surface area contributed by atoms with Crippen LogP contribution in [-0.2, 0) is 4.79 Å². The van der Waals surface area contributed by atoms with E-state index in [1.54, 1.807) is 0 Å². The molecule has 5 heteroatoms. The number of benzene rings is 1. The van der Waals surface area contributed by atoms with Crippen LogP contribution in [0.15, 0.2) is 24.3 Å². The fourth-order valence-electron chi connectivity index (χ4n) is 2.39. The Morgan fingerprint density at radius 3 is 2.47 bits per heavy atom. The van der Waals surface area contributed by atoms with Gasteiger partial charge in [0.2, 0.25) is 0 Å². The number of phenolic OH excluding ortho intramolecular Hbond substituents is 1. The molecule has 1 heterocycles. The molecule has 5 nitrogen and oxygen atoms in total. The first-order valence-corrected chi connectivity index (χ1v) is 6.32. The SMILES string of the molecule is CC1CCN(C(=O)c2ccc(O)cc2)C(C(=O)O)C1. The number of nitrogens with zero attached hydrogens (tertiary/aromatic N) is 1. The largest absolute Gasteiger partial charge is 0.508 e. The number of rotatable bonds is 2. The van der Waals surface area contributed by atoms with Gasteiger partial charge in [-0.15, -0.1) is 0 Å². The van der Waals surface area contributed by atoms with Gasteiger partial charge in [0.15, 0.2) is 0 Å². The fraction of sp³-hybridized carbons (Fsp3) is 0.429. The van der Waals surface area contributed by atoms with Crippen LogP contribution in [0.1, 0.15) is 30.1 Å². The Labute approximate surface area is 111 Å². The first kappa shape index (κ1) is 13.4. The summed E-state index contributed by atoms with van der Waals surface area (Å²) >= 11 is 0. The average Bonchev–Trinajstić information content (AvgIpc) is 2.38. The topological polar surface area (TPSA) is 77.8 Å². The summed E-state index contributed by atoms with van der Waals surface area (Å²) in [7, 11) is 0. The fourth-order valence-corrected chi connectivity index (χ4v) is 2.39. The van der Waals surface area contributed by atoms with Crippen molar-refractivity contribution in [2.75, 3.05) is 6.54 Å². The number of carboxylic acid groups (broad SMARTS) is 1. The quantitative estimate of drug-likeness (QED) is 0.851. The van der Waals surface area contributed by atoms with Crippen LogP contribution in [0, 0.1) is 5.92 Å². The number of aliphatic carboxylic acids is 1. The minimum atomic E-state index is -0.960. The number of carbonyl (C=O) groups excluding carboxylic acids is 1. The molecule has 0 spiro atoms. The lowest BCUT2D eigenvalue weighted by Crippen LogP contribution is -2.49. The predicted octanol–water partition coefficient (Wildman–Crippen LogP) is 1.72. The smallest absolute Gasteiger partial charge is 0.326 e. The third-order valence-electron chi connectivity index (χ3n) is 3.52. The van der Waals surface area contributed by atoms with Gasteiger partial charge in [-0.1, -0.05) is 6.92 Å². The molecule has 0 bridgehead atoms. The maximum atomic E-state index is 12.3. The number of phenols is 1. The van der Waals surface area contributed by atoms with Gasteiger partial charge in [-0.3, -0.25) is 4.79 Å². The Kier molecular flexibility index (Phi) is 3.74. The van der Waals surface area contributed by atoms with Gasteiger partial charge in [-0.2, -0.15) is 0 Å². The molecule has 19 heavy (non-hydrogen) atoms. The van der Waals surface area contributed by atoms with E-state index >= 15 is 0 Å². The number of carbonyl (C=O) groups is 2. The third-order valence-corrected chi connectivity index (χ3v) is 3.52. The zero-order valence-corrected chi connectivity index (χ0v) is 10.7. The van der Waals surface area contributed by atoms with Crippen molar-refractivity contribution in [3.05, 3.63) is 29.8 Å². The van der Waals surface area contributed by atoms with Crippen molar-refractivity contribution in [2.24, 2.45) is 5.92 Å². The number of aromatic hydroxyl groups is 1. The lowest BCUT2D eigenvalue weighted by Gasteiger charge is -2.36. The molecule has 1 amide bonds. The summed E-state index contributed by atoms with van der Waals surface area (Å²) in [5.41, 5.74) is 0.401. The monoisotopic (exact) mass is 263 g/mol. The molecular formula is C14H17NO4. The molecule has 2 N–H and O–H groups in total. The molecule has 0 aliphatic carbocycles. The van der Waals surface area contributed by atoms with E-state index in [4.69, 9.17) is 0 Å². The highest BCUT2D eigenvalue weighted by Gasteiger charge is 2.35. The normalized spacial score (nSPS) is 23.1. The van der Waals surface area contributed by atoms with Crippen LogP contribution in [-0.4, -0.2) is 39.6 Å². The molecule has 0 saturated carbocycles. The van der Waals surface area contributed by atoms with Crippen molar-refractivity contribution in [2.45, 2.75) is 25.8 Å². The van der Waals surface area contributed by atoms with E-state index in [2.05, 4.69) is 0 Å². The highest BCUT2D eigenvalue weighted by atomic mass is 16.4. The van der Waals surface area contributed by atoms with E-state index in [1.807, 2.05) is 6.92 Å². The molecule has 1 aromatic carbocycles. The molecule has 2 unspecified atom stereocenters. The number of likely N-dealkylation sites (tertiary alicyclic amines) is 1. The summed E-state index contributed by atoms with van der Waals surface area (Å²) in [6.07, 6.45) is 1.30. The zero-order chi connectivity index (χ0) is 14.0. The van der Waals surface area contributed by atoms with Crippen molar-refractivity contribution < 1.29 is 19.8 Å². The molecule has 1 saturated heterocycles. The van der Waals surface area contributed by atoms with Gasteiger partial charge < -0.3 is 15.1 Å². The van der Waals surface area contributed by atoms with Gasteiger partial charge in [0.1, 0.15) is 11.8 Å². The van der Waals surface area contributed by atoms with E-state index < -0.39 is 12.0 Å². The van der Waals surface area contributed by atoms with Gasteiger partial charge in [-0.05, 0) is 43.0 Å². The van der Waals surface area contributed by atoms with Crippen molar-refractivity contribution in [3.8, 4) is 5.75 Å². The van der Waals surface area contributed by atoms with Crippen molar-refractivity contribution in [1.29, 1.82) is 0 Å². The number of piperidine rings is 1. The molecule has 1 aliphatic heterocycles. The maximum Gasteiger partial charge on any atom is 0.326 e. The Hall–Kier alpha value is -2.04. The van der Waals surface area contributed by atoms with Crippen LogP contribution in [0.25, 0.3) is 0 Å². The minimum absolute atomic E-state index is 0.0820. The maximum absolute atomic E-state index is 12.3. The van der Waals surface area contributed by atoms with Crippen molar-refractivity contribution >= 4 is 11.9 Å². The van der Waals surface area contributed by atoms with E-state index in [1.165, 1.54) is 29.2 Å². The van der Waals surface area contributed by atoms with E-state index in [9.17, 15) is 19.8 Å². The van der Waals surface area contributed by atoms with Crippen molar-refractivity contribution in [3.63, 3.8) is 0 Å². The number of hydrogen-bond donors (Lipinski definition) is 2. The molecule has 0 aromatic heterocycles. The second kappa shape index (κ2) is 5.30. The summed E-state index contributed by atoms with van der Waals surface area (Å²) in [4.78, 5) is 25.0. The highest BCUT2D eigenvalue weighted by molar-refractivity contribution is 5.96. The molecular weight excluding hydrogens is 246 g/mol. The van der Waals surface area contributed by atoms with Crippen LogP contribution in [0.5, 0.6) is 5.75 Å². The number of carboxylic acids is 1. The van der Waals surface area contributed by atoms with Gasteiger partial charge in [0, 0.05) is 12.1 Å². The third kappa shape index (κ3) is 2.86. The molecule has 0 radical (unpaired) electrons. The number of hydrogen-bond acceptors (Lipinski definition) is 3. The molecule has 102 valence electrons.